The maximum atomic E-state index is 12.1. The number of carbonyl (C=O) groups is 2. The number of carbonyl (C=O) groups excluding carboxylic acids is 2. The predicted molar refractivity (Wildman–Crippen MR) is 89.7 cm³/mol. The maximum Gasteiger partial charge on any atom is 0.338 e. The number of esters is 1. The van der Waals surface area contributed by atoms with Crippen LogP contribution in [0.15, 0.2) is 34.9 Å². The molecule has 1 heterocycles. The van der Waals surface area contributed by atoms with Gasteiger partial charge in [0, 0.05) is 11.8 Å². The lowest BCUT2D eigenvalue weighted by Crippen LogP contribution is -2.30. The fourth-order valence-electron chi connectivity index (χ4n) is 1.86. The number of aromatic nitrogens is 1. The van der Waals surface area contributed by atoms with E-state index in [-0.39, 0.29) is 17.1 Å². The van der Waals surface area contributed by atoms with Gasteiger partial charge < -0.3 is 14.6 Å². The van der Waals surface area contributed by atoms with Crippen molar-refractivity contribution in [2.75, 3.05) is 16.3 Å². The Morgan fingerprint density at radius 3 is 2.60 bits per heavy atom. The van der Waals surface area contributed by atoms with Gasteiger partial charge in [-0.1, -0.05) is 11.2 Å². The average Bonchev–Trinajstić information content (AvgIpc) is 2.90. The Labute approximate surface area is 144 Å². The predicted octanol–water partition coefficient (Wildman–Crippen LogP) is 1.54. The molecule has 25 heavy (non-hydrogen) atoms. The number of anilines is 2. The van der Waals surface area contributed by atoms with Crippen LogP contribution in [0.25, 0.3) is 0 Å². The lowest BCUT2D eigenvalue weighted by atomic mass is 10.2. The monoisotopic (exact) mass is 367 g/mol. The van der Waals surface area contributed by atoms with E-state index in [1.165, 1.54) is 37.3 Å². The quantitative estimate of drug-likeness (QED) is 0.741. The second kappa shape index (κ2) is 7.34. The summed E-state index contributed by atoms with van der Waals surface area (Å²) in [5, 5.41) is 6.06. The molecule has 0 aliphatic carbocycles. The molecule has 1 aromatic heterocycles. The van der Waals surface area contributed by atoms with Crippen LogP contribution < -0.4 is 10.0 Å². The number of amides is 1. The van der Waals surface area contributed by atoms with Crippen LogP contribution in [0.2, 0.25) is 0 Å². The Morgan fingerprint density at radius 2 is 2.00 bits per heavy atom. The molecular formula is C15H17N3O6S. The summed E-state index contributed by atoms with van der Waals surface area (Å²) in [6.45, 7) is 3.07. The Morgan fingerprint density at radius 1 is 1.28 bits per heavy atom. The van der Waals surface area contributed by atoms with E-state index in [1.54, 1.807) is 6.92 Å². The van der Waals surface area contributed by atoms with Gasteiger partial charge in [-0.3, -0.25) is 9.52 Å². The molecule has 1 atom stereocenters. The Kier molecular flexibility index (Phi) is 5.42. The number of nitrogens with one attached hydrogen (secondary N) is 2. The van der Waals surface area contributed by atoms with Crippen LogP contribution >= 0.6 is 0 Å². The third-order valence-corrected chi connectivity index (χ3v) is 3.54. The molecule has 134 valence electrons. The lowest BCUT2D eigenvalue weighted by molar-refractivity contribution is -0.123. The lowest BCUT2D eigenvalue weighted by Gasteiger charge is -2.13. The first-order valence-corrected chi connectivity index (χ1v) is 9.06. The summed E-state index contributed by atoms with van der Waals surface area (Å²) in [4.78, 5) is 24.1. The minimum atomic E-state index is -3.47. The second-order valence-corrected chi connectivity index (χ2v) is 7.06. The summed E-state index contributed by atoms with van der Waals surface area (Å²) in [5.74, 6) is -0.608. The van der Waals surface area contributed by atoms with Crippen molar-refractivity contribution in [1.82, 2.24) is 5.16 Å². The first-order chi connectivity index (χ1) is 11.6. The van der Waals surface area contributed by atoms with Crippen molar-refractivity contribution in [2.45, 2.75) is 20.0 Å². The first-order valence-electron chi connectivity index (χ1n) is 7.17. The normalized spacial score (nSPS) is 12.3. The van der Waals surface area contributed by atoms with Gasteiger partial charge in [-0.05, 0) is 32.0 Å². The molecule has 0 aliphatic rings. The maximum absolute atomic E-state index is 12.1. The van der Waals surface area contributed by atoms with E-state index in [0.717, 1.165) is 6.26 Å². The van der Waals surface area contributed by atoms with Gasteiger partial charge in [0.25, 0.3) is 5.91 Å². The van der Waals surface area contributed by atoms with E-state index in [4.69, 9.17) is 9.26 Å². The highest BCUT2D eigenvalue weighted by molar-refractivity contribution is 7.92. The second-order valence-electron chi connectivity index (χ2n) is 5.31. The number of hydrogen-bond donors (Lipinski definition) is 2. The Bertz CT molecular complexity index is 890. The SMILES string of the molecule is Cc1cc(NC(=O)C(C)OC(=O)c2cccc(NS(C)(=O)=O)c2)no1. The average molecular weight is 367 g/mol. The Hall–Kier alpha value is -2.88. The molecule has 1 aromatic carbocycles. The topological polar surface area (TPSA) is 128 Å². The largest absolute Gasteiger partial charge is 0.449 e. The van der Waals surface area contributed by atoms with Crippen molar-refractivity contribution in [2.24, 2.45) is 0 Å². The molecule has 1 unspecified atom stereocenters. The van der Waals surface area contributed by atoms with Crippen LogP contribution in [0, 0.1) is 6.92 Å². The van der Waals surface area contributed by atoms with Crippen LogP contribution in [0.4, 0.5) is 11.5 Å². The molecule has 2 N–H and O–H groups in total. The van der Waals surface area contributed by atoms with Gasteiger partial charge in [0.2, 0.25) is 10.0 Å². The fraction of sp³-hybridized carbons (Fsp3) is 0.267. The van der Waals surface area contributed by atoms with Crippen molar-refractivity contribution >= 4 is 33.4 Å². The molecule has 0 bridgehead atoms. The number of sulfonamides is 1. The smallest absolute Gasteiger partial charge is 0.338 e. The van der Waals surface area contributed by atoms with Crippen molar-refractivity contribution in [3.63, 3.8) is 0 Å². The number of ether oxygens (including phenoxy) is 1. The van der Waals surface area contributed by atoms with Gasteiger partial charge in [-0.25, -0.2) is 13.2 Å². The van der Waals surface area contributed by atoms with Gasteiger partial charge in [-0.2, -0.15) is 0 Å². The Balaban J connectivity index is 2.01. The summed E-state index contributed by atoms with van der Waals surface area (Å²) in [5.41, 5.74) is 0.317. The van der Waals surface area contributed by atoms with Crippen LogP contribution in [-0.4, -0.2) is 37.8 Å². The van der Waals surface area contributed by atoms with Crippen LogP contribution in [0.5, 0.6) is 0 Å². The summed E-state index contributed by atoms with van der Waals surface area (Å²) < 4.78 is 34.6. The molecule has 0 radical (unpaired) electrons. The van der Waals surface area contributed by atoms with E-state index >= 15 is 0 Å². The highest BCUT2D eigenvalue weighted by atomic mass is 32.2. The summed E-state index contributed by atoms with van der Waals surface area (Å²) in [6.07, 6.45) is -0.0910. The van der Waals surface area contributed by atoms with Gasteiger partial charge in [-0.15, -0.1) is 0 Å². The first kappa shape index (κ1) is 18.5. The van der Waals surface area contributed by atoms with E-state index in [2.05, 4.69) is 15.2 Å². The van der Waals surface area contributed by atoms with E-state index in [1.807, 2.05) is 0 Å². The fourth-order valence-corrected chi connectivity index (χ4v) is 2.41. The zero-order valence-corrected chi connectivity index (χ0v) is 14.6. The van der Waals surface area contributed by atoms with E-state index < -0.39 is 28.0 Å². The standard InChI is InChI=1S/C15H17N3O6S/c1-9-7-13(17-24-9)16-14(19)10(2)23-15(20)11-5-4-6-12(8-11)18-25(3,21)22/h4-8,10,18H,1-3H3,(H,16,17,19). The summed E-state index contributed by atoms with van der Waals surface area (Å²) >= 11 is 0. The van der Waals surface area contributed by atoms with Crippen molar-refractivity contribution in [3.05, 3.63) is 41.7 Å². The van der Waals surface area contributed by atoms with E-state index in [9.17, 15) is 18.0 Å². The number of hydrogen-bond acceptors (Lipinski definition) is 7. The third-order valence-electron chi connectivity index (χ3n) is 2.93. The van der Waals surface area contributed by atoms with Crippen LogP contribution in [-0.2, 0) is 19.6 Å². The van der Waals surface area contributed by atoms with Crippen molar-refractivity contribution < 1.29 is 27.3 Å². The minimum absolute atomic E-state index is 0.102. The van der Waals surface area contributed by atoms with Gasteiger partial charge in [0.15, 0.2) is 11.9 Å². The molecule has 2 rings (SSSR count). The van der Waals surface area contributed by atoms with Crippen molar-refractivity contribution in [3.8, 4) is 0 Å². The number of benzene rings is 1. The summed E-state index contributed by atoms with van der Waals surface area (Å²) in [7, 11) is -3.47. The molecule has 0 fully saturated rings. The molecule has 0 saturated heterocycles. The zero-order chi connectivity index (χ0) is 18.6. The molecule has 0 aliphatic heterocycles. The molecule has 0 spiro atoms. The molecule has 2 aromatic rings. The van der Waals surface area contributed by atoms with Crippen molar-refractivity contribution in [1.29, 1.82) is 0 Å². The molecular weight excluding hydrogens is 350 g/mol. The summed E-state index contributed by atoms with van der Waals surface area (Å²) in [6, 6.07) is 7.26. The van der Waals surface area contributed by atoms with Gasteiger partial charge in [0.05, 0.1) is 11.8 Å². The number of rotatable bonds is 6. The highest BCUT2D eigenvalue weighted by Gasteiger charge is 2.20. The molecule has 10 heteroatoms. The number of nitrogens with zero attached hydrogens (tertiary/aromatic N) is 1. The minimum Gasteiger partial charge on any atom is -0.449 e. The van der Waals surface area contributed by atoms with Gasteiger partial charge >= 0.3 is 5.97 Å². The van der Waals surface area contributed by atoms with Gasteiger partial charge in [0.1, 0.15) is 5.76 Å². The highest BCUT2D eigenvalue weighted by Crippen LogP contribution is 2.14. The van der Waals surface area contributed by atoms with Crippen LogP contribution in [0.3, 0.4) is 0 Å². The molecule has 1 amide bonds. The van der Waals surface area contributed by atoms with Crippen LogP contribution in [0.1, 0.15) is 23.0 Å². The number of aryl methyl sites for hydroxylation is 1. The van der Waals surface area contributed by atoms with E-state index in [0.29, 0.717) is 5.76 Å². The molecule has 0 saturated carbocycles. The third kappa shape index (κ3) is 5.60. The zero-order valence-electron chi connectivity index (χ0n) is 13.8. The molecule has 9 nitrogen and oxygen atoms in total.